The summed E-state index contributed by atoms with van der Waals surface area (Å²) in [6, 6.07) is 6.58. The maximum absolute atomic E-state index is 13.6. The molecule has 3 N–H and O–H groups in total. The molecule has 0 aliphatic rings. The van der Waals surface area contributed by atoms with Crippen LogP contribution in [0.25, 0.3) is 0 Å². The summed E-state index contributed by atoms with van der Waals surface area (Å²) >= 11 is 0. The van der Waals surface area contributed by atoms with Gasteiger partial charge in [0.25, 0.3) is 0 Å². The summed E-state index contributed by atoms with van der Waals surface area (Å²) in [5.74, 6) is 0.312. The summed E-state index contributed by atoms with van der Waals surface area (Å²) in [5.41, 5.74) is 8.87. The highest BCUT2D eigenvalue weighted by Gasteiger charge is 2.20. The molecule has 1 aromatic heterocycles. The van der Waals surface area contributed by atoms with Gasteiger partial charge < -0.3 is 15.8 Å². The van der Waals surface area contributed by atoms with Crippen LogP contribution in [0.2, 0.25) is 0 Å². The van der Waals surface area contributed by atoms with Crippen LogP contribution in [-0.4, -0.2) is 18.6 Å². The molecule has 1 heterocycles. The van der Waals surface area contributed by atoms with Crippen LogP contribution in [0.1, 0.15) is 29.7 Å². The van der Waals surface area contributed by atoms with Gasteiger partial charge in [0.1, 0.15) is 5.82 Å². The van der Waals surface area contributed by atoms with E-state index in [2.05, 4.69) is 10.3 Å². The third-order valence-electron chi connectivity index (χ3n) is 3.44. The normalized spacial score (nSPS) is 12.2. The van der Waals surface area contributed by atoms with Gasteiger partial charge in [-0.1, -0.05) is 13.0 Å². The average molecular weight is 289 g/mol. The molecule has 1 unspecified atom stereocenters. The van der Waals surface area contributed by atoms with Crippen LogP contribution in [0.5, 0.6) is 5.75 Å². The molecular formula is C16H20FN3O. The molecular weight excluding hydrogens is 269 g/mol. The van der Waals surface area contributed by atoms with Crippen LogP contribution in [0, 0.1) is 12.7 Å². The zero-order valence-corrected chi connectivity index (χ0v) is 12.5. The lowest BCUT2D eigenvalue weighted by Gasteiger charge is -2.22. The van der Waals surface area contributed by atoms with Crippen molar-refractivity contribution in [1.82, 2.24) is 10.3 Å². The zero-order valence-electron chi connectivity index (χ0n) is 12.5. The van der Waals surface area contributed by atoms with E-state index in [1.54, 1.807) is 18.3 Å². The predicted octanol–water partition coefficient (Wildman–Crippen LogP) is 2.82. The zero-order chi connectivity index (χ0) is 15.4. The van der Waals surface area contributed by atoms with E-state index in [-0.39, 0.29) is 17.6 Å². The van der Waals surface area contributed by atoms with Gasteiger partial charge in [-0.15, -0.1) is 0 Å². The lowest BCUT2D eigenvalue weighted by Crippen LogP contribution is -2.24. The minimum absolute atomic E-state index is 0.154. The van der Waals surface area contributed by atoms with Crippen LogP contribution in [0.15, 0.2) is 30.5 Å². The van der Waals surface area contributed by atoms with Crippen molar-refractivity contribution in [3.63, 3.8) is 0 Å². The lowest BCUT2D eigenvalue weighted by molar-refractivity contribution is 0.385. The quantitative estimate of drug-likeness (QED) is 0.888. The molecule has 2 aromatic rings. The van der Waals surface area contributed by atoms with E-state index in [0.29, 0.717) is 5.82 Å². The third kappa shape index (κ3) is 3.13. The van der Waals surface area contributed by atoms with Gasteiger partial charge in [-0.25, -0.2) is 9.37 Å². The van der Waals surface area contributed by atoms with Crippen molar-refractivity contribution in [2.75, 3.05) is 19.4 Å². The third-order valence-corrected chi connectivity index (χ3v) is 3.44. The van der Waals surface area contributed by atoms with Crippen molar-refractivity contribution in [3.8, 4) is 5.75 Å². The number of hydrogen-bond donors (Lipinski definition) is 2. The lowest BCUT2D eigenvalue weighted by atomic mass is 9.95. The molecule has 0 saturated heterocycles. The Morgan fingerprint density at radius 1 is 1.38 bits per heavy atom. The van der Waals surface area contributed by atoms with Crippen LogP contribution in [0.4, 0.5) is 10.2 Å². The number of ether oxygens (including phenoxy) is 1. The molecule has 2 rings (SSSR count). The van der Waals surface area contributed by atoms with E-state index < -0.39 is 0 Å². The molecule has 0 aliphatic heterocycles. The van der Waals surface area contributed by atoms with Crippen molar-refractivity contribution < 1.29 is 9.13 Å². The van der Waals surface area contributed by atoms with E-state index in [9.17, 15) is 4.39 Å². The molecule has 0 aliphatic carbocycles. The summed E-state index contributed by atoms with van der Waals surface area (Å²) in [4.78, 5) is 4.16. The number of nitrogen functional groups attached to an aromatic ring is 1. The average Bonchev–Trinajstić information content (AvgIpc) is 2.47. The van der Waals surface area contributed by atoms with Crippen LogP contribution < -0.4 is 15.8 Å². The molecule has 0 amide bonds. The minimum Gasteiger partial charge on any atom is -0.494 e. The number of halogens is 1. The summed E-state index contributed by atoms with van der Waals surface area (Å²) in [6.07, 6.45) is 1.68. The fourth-order valence-corrected chi connectivity index (χ4v) is 2.41. The van der Waals surface area contributed by atoms with Crippen molar-refractivity contribution in [3.05, 3.63) is 53.0 Å². The SMILES string of the molecule is CCNC(c1ccc(F)c(OC)c1)c1c(C)ccnc1N. The van der Waals surface area contributed by atoms with Gasteiger partial charge in [-0.2, -0.15) is 0 Å². The highest BCUT2D eigenvalue weighted by molar-refractivity contribution is 5.50. The van der Waals surface area contributed by atoms with Gasteiger partial charge in [-0.05, 0) is 42.8 Å². The second-order valence-electron chi connectivity index (χ2n) is 4.81. The summed E-state index contributed by atoms with van der Waals surface area (Å²) in [6.45, 7) is 4.74. The van der Waals surface area contributed by atoms with Crippen molar-refractivity contribution >= 4 is 5.82 Å². The highest BCUT2D eigenvalue weighted by Crippen LogP contribution is 2.31. The molecule has 21 heavy (non-hydrogen) atoms. The van der Waals surface area contributed by atoms with Crippen molar-refractivity contribution in [2.24, 2.45) is 0 Å². The number of methoxy groups -OCH3 is 1. The number of nitrogens with two attached hydrogens (primary N) is 1. The van der Waals surface area contributed by atoms with E-state index in [4.69, 9.17) is 10.5 Å². The Labute approximate surface area is 124 Å². The highest BCUT2D eigenvalue weighted by atomic mass is 19.1. The molecule has 1 atom stereocenters. The smallest absolute Gasteiger partial charge is 0.165 e. The van der Waals surface area contributed by atoms with Gasteiger partial charge in [0.15, 0.2) is 11.6 Å². The Morgan fingerprint density at radius 2 is 2.14 bits per heavy atom. The van der Waals surface area contributed by atoms with E-state index in [0.717, 1.165) is 23.2 Å². The van der Waals surface area contributed by atoms with Gasteiger partial charge in [0.05, 0.1) is 13.2 Å². The maximum atomic E-state index is 13.6. The first-order valence-corrected chi connectivity index (χ1v) is 6.86. The number of hydrogen-bond acceptors (Lipinski definition) is 4. The second-order valence-corrected chi connectivity index (χ2v) is 4.81. The number of anilines is 1. The molecule has 0 fully saturated rings. The molecule has 1 aromatic carbocycles. The number of nitrogens with zero attached hydrogens (tertiary/aromatic N) is 1. The molecule has 0 bridgehead atoms. The molecule has 0 saturated carbocycles. The van der Waals surface area contributed by atoms with Crippen molar-refractivity contribution in [1.29, 1.82) is 0 Å². The Morgan fingerprint density at radius 3 is 2.76 bits per heavy atom. The molecule has 4 nitrogen and oxygen atoms in total. The Balaban J connectivity index is 2.53. The number of benzene rings is 1. The molecule has 0 spiro atoms. The molecule has 112 valence electrons. The van der Waals surface area contributed by atoms with E-state index in [1.165, 1.54) is 13.2 Å². The Hall–Kier alpha value is -2.14. The number of aryl methyl sites for hydroxylation is 1. The first-order valence-electron chi connectivity index (χ1n) is 6.86. The van der Waals surface area contributed by atoms with Crippen LogP contribution in [-0.2, 0) is 0 Å². The molecule has 5 heteroatoms. The predicted molar refractivity (Wildman–Crippen MR) is 81.9 cm³/mol. The largest absolute Gasteiger partial charge is 0.494 e. The fourth-order valence-electron chi connectivity index (χ4n) is 2.41. The fraction of sp³-hybridized carbons (Fsp3) is 0.312. The monoisotopic (exact) mass is 289 g/mol. The standard InChI is InChI=1S/C16H20FN3O/c1-4-19-15(14-10(2)7-8-20-16(14)18)11-5-6-12(17)13(9-11)21-3/h5-9,15,19H,4H2,1-3H3,(H2,18,20). The van der Waals surface area contributed by atoms with Gasteiger partial charge in [0.2, 0.25) is 0 Å². The van der Waals surface area contributed by atoms with Crippen LogP contribution >= 0.6 is 0 Å². The Bertz CT molecular complexity index is 611. The van der Waals surface area contributed by atoms with E-state index in [1.807, 2.05) is 19.9 Å². The van der Waals surface area contributed by atoms with Gasteiger partial charge in [0, 0.05) is 11.8 Å². The van der Waals surface area contributed by atoms with Crippen LogP contribution in [0.3, 0.4) is 0 Å². The maximum Gasteiger partial charge on any atom is 0.165 e. The van der Waals surface area contributed by atoms with E-state index >= 15 is 0 Å². The molecule has 0 radical (unpaired) electrons. The first-order chi connectivity index (χ1) is 10.1. The summed E-state index contributed by atoms with van der Waals surface area (Å²) in [5, 5.41) is 3.37. The minimum atomic E-state index is -0.382. The number of rotatable bonds is 5. The topological polar surface area (TPSA) is 60.2 Å². The Kier molecular flexibility index (Phi) is 4.75. The van der Waals surface area contributed by atoms with Crippen molar-refractivity contribution in [2.45, 2.75) is 19.9 Å². The number of nitrogens with one attached hydrogen (secondary N) is 1. The summed E-state index contributed by atoms with van der Waals surface area (Å²) < 4.78 is 18.7. The first kappa shape index (κ1) is 15.3. The van der Waals surface area contributed by atoms with Gasteiger partial charge >= 0.3 is 0 Å². The van der Waals surface area contributed by atoms with Gasteiger partial charge in [-0.3, -0.25) is 0 Å². The second kappa shape index (κ2) is 6.54. The number of aromatic nitrogens is 1. The summed E-state index contributed by atoms with van der Waals surface area (Å²) in [7, 11) is 1.45. The number of pyridine rings is 1.